The highest BCUT2D eigenvalue weighted by atomic mass is 16.5. The minimum Gasteiger partial charge on any atom is -0.487 e. The summed E-state index contributed by atoms with van der Waals surface area (Å²) in [6, 6.07) is 13.9. The number of ether oxygens (including phenoxy) is 2. The largest absolute Gasteiger partial charge is 0.487 e. The summed E-state index contributed by atoms with van der Waals surface area (Å²) in [6.07, 6.45) is 0.720. The highest BCUT2D eigenvalue weighted by Gasteiger charge is 2.34. The zero-order chi connectivity index (χ0) is 19.6. The van der Waals surface area contributed by atoms with Crippen LogP contribution >= 0.6 is 0 Å². The van der Waals surface area contributed by atoms with E-state index in [4.69, 9.17) is 9.47 Å². The number of nitrogens with one attached hydrogen (secondary N) is 1. The fourth-order valence-electron chi connectivity index (χ4n) is 3.56. The third-order valence-corrected chi connectivity index (χ3v) is 4.86. The second-order valence-corrected chi connectivity index (χ2v) is 8.21. The molecule has 0 aromatic heterocycles. The highest BCUT2D eigenvalue weighted by Crippen LogP contribution is 2.39. The molecule has 2 aromatic rings. The molecule has 1 atom stereocenters. The number of hydrogen-bond donors (Lipinski definition) is 1. The van der Waals surface area contributed by atoms with Gasteiger partial charge in [-0.1, -0.05) is 44.2 Å². The third kappa shape index (κ3) is 4.62. The second-order valence-electron chi connectivity index (χ2n) is 8.21. The Labute approximate surface area is 161 Å². The van der Waals surface area contributed by atoms with E-state index in [9.17, 15) is 4.79 Å². The molecule has 0 saturated carbocycles. The lowest BCUT2D eigenvalue weighted by molar-refractivity contribution is -0.124. The van der Waals surface area contributed by atoms with Crippen molar-refractivity contribution < 1.29 is 14.3 Å². The Kier molecular flexibility index (Phi) is 5.45. The quantitative estimate of drug-likeness (QED) is 0.816. The number of aryl methyl sites for hydroxylation is 1. The molecular formula is C23H29NO3. The van der Waals surface area contributed by atoms with Gasteiger partial charge in [0.1, 0.15) is 17.1 Å². The van der Waals surface area contributed by atoms with Crippen LogP contribution < -0.4 is 14.8 Å². The summed E-state index contributed by atoms with van der Waals surface area (Å²) in [6.45, 7) is 10.4. The SMILES string of the molecule is Cc1ccc2c(c1)OC(C)(C)C[C@@H]2NC(=O)COc1ccccc1C(C)C. The second kappa shape index (κ2) is 7.63. The normalized spacial score (nSPS) is 17.8. The first kappa shape index (κ1) is 19.3. The molecule has 27 heavy (non-hydrogen) atoms. The summed E-state index contributed by atoms with van der Waals surface area (Å²) < 4.78 is 11.9. The van der Waals surface area contributed by atoms with Gasteiger partial charge in [0.05, 0.1) is 6.04 Å². The van der Waals surface area contributed by atoms with Gasteiger partial charge in [0, 0.05) is 12.0 Å². The van der Waals surface area contributed by atoms with Crippen molar-refractivity contribution in [3.8, 4) is 11.5 Å². The van der Waals surface area contributed by atoms with Crippen molar-refractivity contribution in [2.45, 2.75) is 58.6 Å². The topological polar surface area (TPSA) is 47.6 Å². The number of benzene rings is 2. The van der Waals surface area contributed by atoms with Crippen molar-refractivity contribution in [2.75, 3.05) is 6.61 Å². The Morgan fingerprint density at radius 2 is 2.00 bits per heavy atom. The Hall–Kier alpha value is -2.49. The van der Waals surface area contributed by atoms with Crippen LogP contribution in [0, 0.1) is 6.92 Å². The molecule has 1 aliphatic rings. The first-order valence-electron chi connectivity index (χ1n) is 9.56. The van der Waals surface area contributed by atoms with Crippen LogP contribution in [0.15, 0.2) is 42.5 Å². The maximum atomic E-state index is 12.6. The van der Waals surface area contributed by atoms with E-state index in [1.165, 1.54) is 0 Å². The molecule has 1 aliphatic heterocycles. The van der Waals surface area contributed by atoms with Crippen LogP contribution in [-0.4, -0.2) is 18.1 Å². The minimum absolute atomic E-state index is 0.00269. The average molecular weight is 367 g/mol. The number of hydrogen-bond acceptors (Lipinski definition) is 3. The number of fused-ring (bicyclic) bond motifs is 1. The van der Waals surface area contributed by atoms with Gasteiger partial charge < -0.3 is 14.8 Å². The number of carbonyl (C=O) groups excluding carboxylic acids is 1. The maximum Gasteiger partial charge on any atom is 0.258 e. The molecule has 4 heteroatoms. The van der Waals surface area contributed by atoms with Gasteiger partial charge in [-0.15, -0.1) is 0 Å². The van der Waals surface area contributed by atoms with E-state index < -0.39 is 0 Å². The predicted molar refractivity (Wildman–Crippen MR) is 107 cm³/mol. The van der Waals surface area contributed by atoms with Crippen LogP contribution in [0.1, 0.15) is 62.8 Å². The van der Waals surface area contributed by atoms with Gasteiger partial charge in [-0.25, -0.2) is 0 Å². The average Bonchev–Trinajstić information content (AvgIpc) is 2.58. The van der Waals surface area contributed by atoms with Crippen LogP contribution in [-0.2, 0) is 4.79 Å². The van der Waals surface area contributed by atoms with E-state index in [0.29, 0.717) is 5.92 Å². The smallest absolute Gasteiger partial charge is 0.258 e. The van der Waals surface area contributed by atoms with Crippen molar-refractivity contribution in [1.29, 1.82) is 0 Å². The fourth-order valence-corrected chi connectivity index (χ4v) is 3.56. The maximum absolute atomic E-state index is 12.6. The summed E-state index contributed by atoms with van der Waals surface area (Å²) in [4.78, 5) is 12.6. The Balaban J connectivity index is 1.70. The molecule has 144 valence electrons. The van der Waals surface area contributed by atoms with E-state index in [1.54, 1.807) is 0 Å². The first-order valence-corrected chi connectivity index (χ1v) is 9.56. The Morgan fingerprint density at radius 1 is 1.26 bits per heavy atom. The predicted octanol–water partition coefficient (Wildman–Crippen LogP) is 4.92. The molecule has 0 fully saturated rings. The molecule has 0 bridgehead atoms. The number of rotatable bonds is 5. The summed E-state index contributed by atoms with van der Waals surface area (Å²) >= 11 is 0. The monoisotopic (exact) mass is 367 g/mol. The van der Waals surface area contributed by atoms with E-state index in [1.807, 2.05) is 57.2 Å². The minimum atomic E-state index is -0.330. The standard InChI is InChI=1S/C23H29NO3/c1-15(2)17-8-6-7-9-20(17)26-14-22(25)24-19-13-23(4,5)27-21-12-16(3)10-11-18(19)21/h6-12,15,19H,13-14H2,1-5H3,(H,24,25)/t19-/m0/s1. The number of para-hydroxylation sites is 1. The molecule has 0 unspecified atom stereocenters. The highest BCUT2D eigenvalue weighted by molar-refractivity contribution is 5.78. The van der Waals surface area contributed by atoms with E-state index in [2.05, 4.69) is 25.2 Å². The molecule has 1 heterocycles. The van der Waals surface area contributed by atoms with Gasteiger partial charge in [0.2, 0.25) is 0 Å². The van der Waals surface area contributed by atoms with E-state index in [0.717, 1.165) is 34.6 Å². The zero-order valence-electron chi connectivity index (χ0n) is 16.8. The van der Waals surface area contributed by atoms with Crippen molar-refractivity contribution in [2.24, 2.45) is 0 Å². The molecule has 0 saturated heterocycles. The van der Waals surface area contributed by atoms with Crippen molar-refractivity contribution in [1.82, 2.24) is 5.32 Å². The zero-order valence-corrected chi connectivity index (χ0v) is 16.8. The van der Waals surface area contributed by atoms with E-state index in [-0.39, 0.29) is 24.2 Å². The van der Waals surface area contributed by atoms with Crippen LogP contribution in [0.4, 0.5) is 0 Å². The molecule has 1 N–H and O–H groups in total. The molecule has 1 amide bonds. The van der Waals surface area contributed by atoms with Gasteiger partial charge in [-0.05, 0) is 49.9 Å². The Morgan fingerprint density at radius 3 is 2.74 bits per heavy atom. The van der Waals surface area contributed by atoms with Gasteiger partial charge >= 0.3 is 0 Å². The van der Waals surface area contributed by atoms with E-state index >= 15 is 0 Å². The molecule has 2 aromatic carbocycles. The lowest BCUT2D eigenvalue weighted by Gasteiger charge is -2.38. The fraction of sp³-hybridized carbons (Fsp3) is 0.435. The molecule has 0 spiro atoms. The molecule has 4 nitrogen and oxygen atoms in total. The summed E-state index contributed by atoms with van der Waals surface area (Å²) in [5.41, 5.74) is 2.95. The lowest BCUT2D eigenvalue weighted by Crippen LogP contribution is -2.42. The van der Waals surface area contributed by atoms with Gasteiger partial charge in [-0.3, -0.25) is 4.79 Å². The van der Waals surface area contributed by atoms with Crippen molar-refractivity contribution in [3.63, 3.8) is 0 Å². The van der Waals surface area contributed by atoms with Crippen LogP contribution in [0.5, 0.6) is 11.5 Å². The number of carbonyl (C=O) groups is 1. The molecule has 0 radical (unpaired) electrons. The summed E-state index contributed by atoms with van der Waals surface area (Å²) in [5, 5.41) is 3.13. The van der Waals surface area contributed by atoms with Crippen LogP contribution in [0.3, 0.4) is 0 Å². The summed E-state index contributed by atoms with van der Waals surface area (Å²) in [5.74, 6) is 1.84. The van der Waals surface area contributed by atoms with Gasteiger partial charge in [0.25, 0.3) is 5.91 Å². The van der Waals surface area contributed by atoms with Crippen LogP contribution in [0.2, 0.25) is 0 Å². The molecular weight excluding hydrogens is 338 g/mol. The first-order chi connectivity index (χ1) is 12.7. The van der Waals surface area contributed by atoms with Crippen molar-refractivity contribution in [3.05, 3.63) is 59.2 Å². The molecule has 3 rings (SSSR count). The summed E-state index contributed by atoms with van der Waals surface area (Å²) in [7, 11) is 0. The lowest BCUT2D eigenvalue weighted by atomic mass is 9.89. The van der Waals surface area contributed by atoms with Gasteiger partial charge in [0.15, 0.2) is 6.61 Å². The Bertz CT molecular complexity index is 826. The van der Waals surface area contributed by atoms with Gasteiger partial charge in [-0.2, -0.15) is 0 Å². The van der Waals surface area contributed by atoms with Crippen LogP contribution in [0.25, 0.3) is 0 Å². The van der Waals surface area contributed by atoms with Crippen molar-refractivity contribution >= 4 is 5.91 Å². The number of amides is 1. The molecule has 0 aliphatic carbocycles. The third-order valence-electron chi connectivity index (χ3n) is 4.86.